The number of ether oxygens (including phenoxy) is 1. The highest BCUT2D eigenvalue weighted by atomic mass is 32.2. The second kappa shape index (κ2) is 8.84. The number of carbonyl (C=O) groups excluding carboxylic acids is 1. The Hall–Kier alpha value is -2.65. The molecule has 0 spiro atoms. The van der Waals surface area contributed by atoms with Gasteiger partial charge in [0.2, 0.25) is 0 Å². The monoisotopic (exact) mass is 443 g/mol. The van der Waals surface area contributed by atoms with Crippen LogP contribution in [0.15, 0.2) is 30.3 Å². The Morgan fingerprint density at radius 1 is 1.26 bits per heavy atom. The SMILES string of the molecule is C=S(C)(=O)Cc1cc(N2CCOC[C@@H]2C)nc(-c2ccc(NC(=O)N3CCC3)cc2)n1. The third-order valence-corrected chi connectivity index (χ3v) is 6.32. The van der Waals surface area contributed by atoms with E-state index in [1.54, 1.807) is 11.2 Å². The van der Waals surface area contributed by atoms with Crippen LogP contribution < -0.4 is 10.2 Å². The Labute approximate surface area is 183 Å². The van der Waals surface area contributed by atoms with Gasteiger partial charge in [-0.2, -0.15) is 0 Å². The highest BCUT2D eigenvalue weighted by Crippen LogP contribution is 2.25. The van der Waals surface area contributed by atoms with Gasteiger partial charge in [0.15, 0.2) is 5.82 Å². The molecule has 2 fully saturated rings. The van der Waals surface area contributed by atoms with E-state index in [1.165, 1.54) is 0 Å². The van der Waals surface area contributed by atoms with E-state index in [-0.39, 0.29) is 17.8 Å². The maximum Gasteiger partial charge on any atom is 0.321 e. The molecule has 2 aromatic rings. The van der Waals surface area contributed by atoms with Gasteiger partial charge < -0.3 is 19.9 Å². The van der Waals surface area contributed by atoms with Gasteiger partial charge in [-0.25, -0.2) is 14.8 Å². The van der Waals surface area contributed by atoms with Crippen LogP contribution in [-0.2, 0) is 20.0 Å². The van der Waals surface area contributed by atoms with E-state index in [0.29, 0.717) is 24.7 Å². The van der Waals surface area contributed by atoms with Gasteiger partial charge in [-0.05, 0) is 53.0 Å². The maximum absolute atomic E-state index is 12.3. The van der Waals surface area contributed by atoms with E-state index < -0.39 is 9.52 Å². The standard InChI is InChI=1S/C22H29N5O3S/c1-16-14-30-12-11-27(16)20-13-19(15-31(2,3)29)23-21(25-20)17-5-7-18(8-6-17)24-22(28)26-9-4-10-26/h5-8,13,16H,2,4,9-12,14-15H2,1,3H3,(H,24,28)/t16-,31?/m0/s1. The van der Waals surface area contributed by atoms with Crippen LogP contribution in [0, 0.1) is 0 Å². The number of nitrogens with one attached hydrogen (secondary N) is 1. The van der Waals surface area contributed by atoms with Crippen molar-refractivity contribution in [2.75, 3.05) is 49.3 Å². The number of nitrogens with zero attached hydrogens (tertiary/aromatic N) is 4. The van der Waals surface area contributed by atoms with Crippen molar-refractivity contribution in [3.8, 4) is 11.4 Å². The zero-order valence-electron chi connectivity index (χ0n) is 18.0. The number of amides is 2. The first kappa shape index (κ1) is 21.6. The molecule has 0 aliphatic carbocycles. The Kier molecular flexibility index (Phi) is 6.15. The molecule has 2 saturated heterocycles. The quantitative estimate of drug-likeness (QED) is 0.715. The van der Waals surface area contributed by atoms with Crippen molar-refractivity contribution in [2.24, 2.45) is 0 Å². The molecule has 0 saturated carbocycles. The van der Waals surface area contributed by atoms with Crippen molar-refractivity contribution in [3.63, 3.8) is 0 Å². The van der Waals surface area contributed by atoms with Crippen molar-refractivity contribution in [2.45, 2.75) is 25.1 Å². The summed E-state index contributed by atoms with van der Waals surface area (Å²) in [5, 5.41) is 2.91. The van der Waals surface area contributed by atoms with Gasteiger partial charge in [-0.15, -0.1) is 0 Å². The average molecular weight is 444 g/mol. The van der Waals surface area contributed by atoms with E-state index in [2.05, 4.69) is 28.0 Å². The summed E-state index contributed by atoms with van der Waals surface area (Å²) >= 11 is 0. The maximum atomic E-state index is 12.3. The summed E-state index contributed by atoms with van der Waals surface area (Å²) in [6.07, 6.45) is 2.70. The van der Waals surface area contributed by atoms with Gasteiger partial charge in [0, 0.05) is 43.2 Å². The van der Waals surface area contributed by atoms with E-state index in [4.69, 9.17) is 9.72 Å². The molecule has 3 heterocycles. The molecule has 2 amide bonds. The summed E-state index contributed by atoms with van der Waals surface area (Å²) in [6.45, 7) is 5.73. The number of rotatable bonds is 5. The number of aromatic nitrogens is 2. The van der Waals surface area contributed by atoms with Crippen LogP contribution in [0.4, 0.5) is 16.3 Å². The zero-order chi connectivity index (χ0) is 22.0. The molecule has 1 aromatic heterocycles. The van der Waals surface area contributed by atoms with Crippen molar-refractivity contribution in [1.82, 2.24) is 14.9 Å². The van der Waals surface area contributed by atoms with Crippen LogP contribution in [0.3, 0.4) is 0 Å². The molecule has 31 heavy (non-hydrogen) atoms. The molecule has 166 valence electrons. The van der Waals surface area contributed by atoms with Gasteiger partial charge in [0.1, 0.15) is 5.82 Å². The molecule has 8 nitrogen and oxygen atoms in total. The van der Waals surface area contributed by atoms with Crippen LogP contribution in [-0.4, -0.2) is 76.1 Å². The molecular weight excluding hydrogens is 414 g/mol. The number of urea groups is 1. The second-order valence-electron chi connectivity index (χ2n) is 8.33. The molecule has 2 aliphatic rings. The predicted octanol–water partition coefficient (Wildman–Crippen LogP) is 2.45. The lowest BCUT2D eigenvalue weighted by molar-refractivity contribution is 0.0985. The molecular formula is C22H29N5O3S. The van der Waals surface area contributed by atoms with Gasteiger partial charge in [-0.1, -0.05) is 0 Å². The molecule has 0 bridgehead atoms. The first-order valence-electron chi connectivity index (χ1n) is 10.5. The Bertz CT molecular complexity index is 1050. The minimum Gasteiger partial charge on any atom is -0.377 e. The number of benzene rings is 1. The number of carbonyl (C=O) groups is 1. The summed E-state index contributed by atoms with van der Waals surface area (Å²) in [4.78, 5) is 25.6. The van der Waals surface area contributed by atoms with E-state index >= 15 is 0 Å². The smallest absolute Gasteiger partial charge is 0.321 e. The van der Waals surface area contributed by atoms with Crippen LogP contribution in [0.5, 0.6) is 0 Å². The topological polar surface area (TPSA) is 87.7 Å². The number of likely N-dealkylation sites (tertiary alicyclic amines) is 1. The fraction of sp³-hybridized carbons (Fsp3) is 0.455. The normalized spacial score (nSPS) is 20.6. The third-order valence-electron chi connectivity index (χ3n) is 5.42. The fourth-order valence-electron chi connectivity index (χ4n) is 3.64. The van der Waals surface area contributed by atoms with E-state index in [1.807, 2.05) is 30.3 Å². The van der Waals surface area contributed by atoms with Crippen molar-refractivity contribution < 1.29 is 13.7 Å². The highest BCUT2D eigenvalue weighted by molar-refractivity contribution is 7.98. The van der Waals surface area contributed by atoms with Crippen molar-refractivity contribution in [3.05, 3.63) is 36.0 Å². The van der Waals surface area contributed by atoms with Crippen LogP contribution in [0.25, 0.3) is 11.4 Å². The molecule has 1 unspecified atom stereocenters. The first-order chi connectivity index (χ1) is 14.8. The van der Waals surface area contributed by atoms with Crippen molar-refractivity contribution >= 4 is 32.9 Å². The number of anilines is 2. The van der Waals surface area contributed by atoms with Crippen LogP contribution in [0.1, 0.15) is 19.0 Å². The number of hydrogen-bond acceptors (Lipinski definition) is 6. The summed E-state index contributed by atoms with van der Waals surface area (Å²) < 4.78 is 17.9. The average Bonchev–Trinajstić information content (AvgIpc) is 2.66. The summed E-state index contributed by atoms with van der Waals surface area (Å²) in [7, 11) is -2.25. The third kappa shape index (κ3) is 5.34. The minimum atomic E-state index is -2.25. The van der Waals surface area contributed by atoms with E-state index in [0.717, 1.165) is 43.1 Å². The lowest BCUT2D eigenvalue weighted by atomic mass is 10.1. The first-order valence-corrected chi connectivity index (χ1v) is 12.8. The minimum absolute atomic E-state index is 0.0750. The molecule has 1 N–H and O–H groups in total. The summed E-state index contributed by atoms with van der Waals surface area (Å²) in [6, 6.07) is 9.51. The molecule has 2 aliphatic heterocycles. The molecule has 0 radical (unpaired) electrons. The van der Waals surface area contributed by atoms with Crippen LogP contribution in [0.2, 0.25) is 0 Å². The Morgan fingerprint density at radius 2 is 2.00 bits per heavy atom. The summed E-state index contributed by atoms with van der Waals surface area (Å²) in [5.41, 5.74) is 2.27. The zero-order valence-corrected chi connectivity index (χ0v) is 18.9. The van der Waals surface area contributed by atoms with Gasteiger partial charge in [0.25, 0.3) is 0 Å². The largest absolute Gasteiger partial charge is 0.377 e. The lowest BCUT2D eigenvalue weighted by Crippen LogP contribution is -2.44. The summed E-state index contributed by atoms with van der Waals surface area (Å²) in [5.74, 6) is 5.44. The number of hydrogen-bond donors (Lipinski definition) is 1. The van der Waals surface area contributed by atoms with Crippen molar-refractivity contribution in [1.29, 1.82) is 0 Å². The Balaban J connectivity index is 1.61. The molecule has 1 aromatic carbocycles. The van der Waals surface area contributed by atoms with Gasteiger partial charge in [0.05, 0.1) is 30.7 Å². The van der Waals surface area contributed by atoms with E-state index in [9.17, 15) is 9.00 Å². The fourth-order valence-corrected chi connectivity index (χ4v) is 4.41. The molecule has 2 atom stereocenters. The van der Waals surface area contributed by atoms with Gasteiger partial charge >= 0.3 is 6.03 Å². The predicted molar refractivity (Wildman–Crippen MR) is 125 cm³/mol. The highest BCUT2D eigenvalue weighted by Gasteiger charge is 2.23. The van der Waals surface area contributed by atoms with Crippen LogP contribution >= 0.6 is 0 Å². The second-order valence-corrected chi connectivity index (χ2v) is 11.0. The lowest BCUT2D eigenvalue weighted by Gasteiger charge is -2.34. The van der Waals surface area contributed by atoms with Gasteiger partial charge in [-0.3, -0.25) is 4.21 Å². The molecule has 4 rings (SSSR count). The molecule has 9 heteroatoms. The number of morpholine rings is 1. The Morgan fingerprint density at radius 3 is 2.61 bits per heavy atom.